The monoisotopic (exact) mass is 171 g/mol. The summed E-state index contributed by atoms with van der Waals surface area (Å²) < 4.78 is 4.91. The maximum Gasteiger partial charge on any atom is 0.132 e. The fourth-order valence-corrected chi connectivity index (χ4v) is 0.994. The lowest BCUT2D eigenvalue weighted by atomic mass is 10.0. The Morgan fingerprint density at radius 3 is 3.00 bits per heavy atom. The highest BCUT2D eigenvalue weighted by Gasteiger charge is 2.29. The SMILES string of the molecule is [N-]=[N+]=N[C@H]1C(CO)OC=C[C@H]1O. The van der Waals surface area contributed by atoms with Crippen LogP contribution in [0.25, 0.3) is 10.4 Å². The molecule has 0 fully saturated rings. The summed E-state index contributed by atoms with van der Waals surface area (Å²) in [6.45, 7) is -0.287. The van der Waals surface area contributed by atoms with E-state index < -0.39 is 18.2 Å². The number of ether oxygens (including phenoxy) is 1. The van der Waals surface area contributed by atoms with E-state index in [1.54, 1.807) is 0 Å². The zero-order valence-electron chi connectivity index (χ0n) is 6.24. The maximum absolute atomic E-state index is 9.26. The predicted octanol–water partition coefficient (Wildman–Crippen LogP) is -0.0690. The van der Waals surface area contributed by atoms with Crippen molar-refractivity contribution in [2.75, 3.05) is 6.61 Å². The first-order valence-corrected chi connectivity index (χ1v) is 3.45. The van der Waals surface area contributed by atoms with Crippen molar-refractivity contribution in [3.63, 3.8) is 0 Å². The number of hydrogen-bond acceptors (Lipinski definition) is 4. The highest BCUT2D eigenvalue weighted by molar-refractivity contribution is 5.00. The zero-order valence-corrected chi connectivity index (χ0v) is 6.24. The molecule has 1 rings (SSSR count). The van der Waals surface area contributed by atoms with E-state index in [0.717, 1.165) is 0 Å². The van der Waals surface area contributed by atoms with Crippen LogP contribution in [0.3, 0.4) is 0 Å². The zero-order chi connectivity index (χ0) is 8.97. The third kappa shape index (κ3) is 1.68. The standard InChI is InChI=1S/C6H9N3O3/c7-9-8-6-4(11)1-2-12-5(6)3-10/h1-2,4-6,10-11H,3H2/t4-,5?,6-/m1/s1. The molecule has 1 unspecified atom stereocenters. The fourth-order valence-electron chi connectivity index (χ4n) is 0.994. The van der Waals surface area contributed by atoms with Crippen LogP contribution in [-0.4, -0.2) is 35.1 Å². The predicted molar refractivity (Wildman–Crippen MR) is 40.0 cm³/mol. The molecule has 3 atom stereocenters. The second kappa shape index (κ2) is 3.96. The van der Waals surface area contributed by atoms with Gasteiger partial charge in [-0.15, -0.1) is 0 Å². The van der Waals surface area contributed by atoms with E-state index in [0.29, 0.717) is 0 Å². The maximum atomic E-state index is 9.26. The van der Waals surface area contributed by atoms with Crippen molar-refractivity contribution in [1.29, 1.82) is 0 Å². The Morgan fingerprint density at radius 1 is 1.67 bits per heavy atom. The highest BCUT2D eigenvalue weighted by atomic mass is 16.5. The molecular weight excluding hydrogens is 162 g/mol. The van der Waals surface area contributed by atoms with E-state index in [1.807, 2.05) is 0 Å². The van der Waals surface area contributed by atoms with Crippen LogP contribution in [0.5, 0.6) is 0 Å². The third-order valence-corrected chi connectivity index (χ3v) is 1.62. The van der Waals surface area contributed by atoms with Gasteiger partial charge in [0.1, 0.15) is 12.1 Å². The highest BCUT2D eigenvalue weighted by Crippen LogP contribution is 2.15. The third-order valence-electron chi connectivity index (χ3n) is 1.62. The molecule has 0 amide bonds. The Kier molecular flexibility index (Phi) is 2.93. The summed E-state index contributed by atoms with van der Waals surface area (Å²) in [6.07, 6.45) is 1.12. The second-order valence-electron chi connectivity index (χ2n) is 2.37. The van der Waals surface area contributed by atoms with Crippen LogP contribution in [0.1, 0.15) is 0 Å². The number of rotatable bonds is 2. The van der Waals surface area contributed by atoms with Crippen molar-refractivity contribution < 1.29 is 14.9 Å². The van der Waals surface area contributed by atoms with Gasteiger partial charge in [-0.3, -0.25) is 0 Å². The van der Waals surface area contributed by atoms with Gasteiger partial charge >= 0.3 is 0 Å². The average molecular weight is 171 g/mol. The smallest absolute Gasteiger partial charge is 0.132 e. The van der Waals surface area contributed by atoms with E-state index >= 15 is 0 Å². The summed E-state index contributed by atoms with van der Waals surface area (Å²) in [6, 6.07) is -0.745. The van der Waals surface area contributed by atoms with E-state index in [-0.39, 0.29) is 6.61 Å². The molecule has 1 heterocycles. The molecular formula is C6H9N3O3. The number of azide groups is 1. The summed E-state index contributed by atoms with van der Waals surface area (Å²) >= 11 is 0. The first kappa shape index (κ1) is 8.86. The summed E-state index contributed by atoms with van der Waals surface area (Å²) in [7, 11) is 0. The molecule has 0 aromatic rings. The molecule has 0 aromatic carbocycles. The minimum absolute atomic E-state index is 0.287. The normalized spacial score (nSPS) is 33.7. The Hall–Kier alpha value is -1.23. The lowest BCUT2D eigenvalue weighted by molar-refractivity contribution is 0.00771. The average Bonchev–Trinajstić information content (AvgIpc) is 2.09. The Balaban J connectivity index is 2.75. The van der Waals surface area contributed by atoms with Crippen LogP contribution >= 0.6 is 0 Å². The summed E-state index contributed by atoms with van der Waals surface area (Å²) in [5, 5.41) is 21.3. The van der Waals surface area contributed by atoms with Gasteiger partial charge in [-0.1, -0.05) is 5.11 Å². The molecule has 12 heavy (non-hydrogen) atoms. The molecule has 0 bridgehead atoms. The molecule has 0 radical (unpaired) electrons. The summed E-state index contributed by atoms with van der Waals surface area (Å²) in [5.41, 5.74) is 8.14. The van der Waals surface area contributed by atoms with E-state index in [1.165, 1.54) is 12.3 Å². The Morgan fingerprint density at radius 2 is 2.42 bits per heavy atom. The van der Waals surface area contributed by atoms with Gasteiger partial charge in [-0.25, -0.2) is 0 Å². The van der Waals surface area contributed by atoms with Crippen molar-refractivity contribution >= 4 is 0 Å². The van der Waals surface area contributed by atoms with Gasteiger partial charge in [-0.2, -0.15) is 0 Å². The number of hydrogen-bond donors (Lipinski definition) is 2. The fraction of sp³-hybridized carbons (Fsp3) is 0.667. The van der Waals surface area contributed by atoms with Crippen molar-refractivity contribution in [2.24, 2.45) is 5.11 Å². The second-order valence-corrected chi connectivity index (χ2v) is 2.37. The Bertz CT molecular complexity index is 224. The van der Waals surface area contributed by atoms with Gasteiger partial charge in [0.15, 0.2) is 0 Å². The minimum atomic E-state index is -0.883. The molecule has 0 aromatic heterocycles. The van der Waals surface area contributed by atoms with Gasteiger partial charge in [0, 0.05) is 4.91 Å². The Labute approximate surface area is 68.7 Å². The topological polar surface area (TPSA) is 98.5 Å². The van der Waals surface area contributed by atoms with Crippen LogP contribution < -0.4 is 0 Å². The van der Waals surface area contributed by atoms with Gasteiger partial charge < -0.3 is 14.9 Å². The number of nitrogens with zero attached hydrogens (tertiary/aromatic N) is 3. The molecule has 1 aliphatic heterocycles. The molecule has 0 spiro atoms. The van der Waals surface area contributed by atoms with Crippen LogP contribution in [0.2, 0.25) is 0 Å². The van der Waals surface area contributed by atoms with Gasteiger partial charge in [0.2, 0.25) is 0 Å². The minimum Gasteiger partial charge on any atom is -0.495 e. The quantitative estimate of drug-likeness (QED) is 0.345. The first-order valence-electron chi connectivity index (χ1n) is 3.45. The number of aliphatic hydroxyl groups is 2. The van der Waals surface area contributed by atoms with Gasteiger partial charge in [0.25, 0.3) is 0 Å². The summed E-state index contributed by atoms with van der Waals surface area (Å²) in [5.74, 6) is 0. The van der Waals surface area contributed by atoms with E-state index in [2.05, 4.69) is 10.0 Å². The molecule has 2 N–H and O–H groups in total. The van der Waals surface area contributed by atoms with E-state index in [9.17, 15) is 5.11 Å². The van der Waals surface area contributed by atoms with Crippen LogP contribution in [0.15, 0.2) is 17.5 Å². The summed E-state index contributed by atoms with van der Waals surface area (Å²) in [4.78, 5) is 2.55. The van der Waals surface area contributed by atoms with E-state index in [4.69, 9.17) is 15.4 Å². The first-order chi connectivity index (χ1) is 5.79. The lowest BCUT2D eigenvalue weighted by Gasteiger charge is -2.27. The molecule has 0 aliphatic carbocycles. The molecule has 1 aliphatic rings. The molecule has 0 saturated carbocycles. The molecule has 6 heteroatoms. The molecule has 0 saturated heterocycles. The van der Waals surface area contributed by atoms with Gasteiger partial charge in [-0.05, 0) is 11.6 Å². The van der Waals surface area contributed by atoms with Crippen LogP contribution in [-0.2, 0) is 4.74 Å². The number of aliphatic hydroxyl groups excluding tert-OH is 2. The molecule has 6 nitrogen and oxygen atoms in total. The molecule has 66 valence electrons. The van der Waals surface area contributed by atoms with Gasteiger partial charge in [0.05, 0.1) is 19.0 Å². The lowest BCUT2D eigenvalue weighted by Crippen LogP contribution is -2.40. The largest absolute Gasteiger partial charge is 0.495 e. The van der Waals surface area contributed by atoms with Crippen molar-refractivity contribution in [2.45, 2.75) is 18.2 Å². The van der Waals surface area contributed by atoms with Crippen LogP contribution in [0.4, 0.5) is 0 Å². The van der Waals surface area contributed by atoms with Crippen molar-refractivity contribution in [3.8, 4) is 0 Å². The van der Waals surface area contributed by atoms with Crippen molar-refractivity contribution in [1.82, 2.24) is 0 Å². The van der Waals surface area contributed by atoms with Crippen molar-refractivity contribution in [3.05, 3.63) is 22.8 Å². The van der Waals surface area contributed by atoms with Crippen LogP contribution in [0, 0.1) is 0 Å².